The van der Waals surface area contributed by atoms with Crippen molar-refractivity contribution >= 4 is 11.4 Å². The van der Waals surface area contributed by atoms with Crippen LogP contribution in [0.1, 0.15) is 44.1 Å². The molecule has 0 saturated carbocycles. The summed E-state index contributed by atoms with van der Waals surface area (Å²) in [5.41, 5.74) is 2.36. The number of imidazole rings is 1. The molecule has 1 N–H and O–H groups in total. The minimum atomic E-state index is 0.186. The molecule has 0 spiro atoms. The summed E-state index contributed by atoms with van der Waals surface area (Å²) in [6.07, 6.45) is 6.01. The molecule has 1 saturated heterocycles. The number of aromatic nitrogens is 2. The highest BCUT2D eigenvalue weighted by molar-refractivity contribution is 5.75. The number of hydrogen-bond acceptors (Lipinski definition) is 3. The molecule has 3 rings (SSSR count). The number of nitrogens with one attached hydrogen (secondary N) is 1. The van der Waals surface area contributed by atoms with E-state index >= 15 is 0 Å². The molecule has 1 aliphatic heterocycles. The first kappa shape index (κ1) is 17.0. The number of likely N-dealkylation sites (tertiary alicyclic amines) is 1. The number of aryl methyl sites for hydroxylation is 1. The summed E-state index contributed by atoms with van der Waals surface area (Å²) in [5, 5.41) is 3.09. The summed E-state index contributed by atoms with van der Waals surface area (Å²) in [6.45, 7) is 7.94. The number of rotatable bonds is 6. The fourth-order valence-corrected chi connectivity index (χ4v) is 3.63. The number of fused-ring (bicyclic) bond motifs is 1. The minimum Gasteiger partial charge on any atom is -0.356 e. The second-order valence-electron chi connectivity index (χ2n) is 6.86. The lowest BCUT2D eigenvalue weighted by atomic mass is 9.97. The SMILES string of the molecule is CCCC(=O)NCC1CCCN(Cc2nc(C)n3ccccc23)C1. The smallest absolute Gasteiger partial charge is 0.219 e. The van der Waals surface area contributed by atoms with Gasteiger partial charge in [0.05, 0.1) is 11.2 Å². The molecule has 1 fully saturated rings. The predicted molar refractivity (Wildman–Crippen MR) is 95.8 cm³/mol. The second-order valence-corrected chi connectivity index (χ2v) is 6.86. The zero-order valence-corrected chi connectivity index (χ0v) is 14.8. The van der Waals surface area contributed by atoms with Gasteiger partial charge in [-0.15, -0.1) is 0 Å². The van der Waals surface area contributed by atoms with E-state index in [1.165, 1.54) is 18.4 Å². The largest absolute Gasteiger partial charge is 0.356 e. The maximum atomic E-state index is 11.7. The monoisotopic (exact) mass is 328 g/mol. The van der Waals surface area contributed by atoms with Gasteiger partial charge in [0.25, 0.3) is 0 Å². The highest BCUT2D eigenvalue weighted by Gasteiger charge is 2.22. The highest BCUT2D eigenvalue weighted by Crippen LogP contribution is 2.20. The van der Waals surface area contributed by atoms with E-state index in [-0.39, 0.29) is 5.91 Å². The van der Waals surface area contributed by atoms with E-state index in [4.69, 9.17) is 4.98 Å². The van der Waals surface area contributed by atoms with Crippen molar-refractivity contribution in [3.05, 3.63) is 35.9 Å². The molecule has 0 aliphatic carbocycles. The van der Waals surface area contributed by atoms with Crippen molar-refractivity contribution in [2.75, 3.05) is 19.6 Å². The predicted octanol–water partition coefficient (Wildman–Crippen LogP) is 2.77. The molecule has 1 amide bonds. The van der Waals surface area contributed by atoms with Gasteiger partial charge in [0.15, 0.2) is 0 Å². The van der Waals surface area contributed by atoms with Gasteiger partial charge in [-0.2, -0.15) is 0 Å². The average molecular weight is 328 g/mol. The zero-order chi connectivity index (χ0) is 16.9. The second kappa shape index (κ2) is 7.79. The van der Waals surface area contributed by atoms with Crippen molar-refractivity contribution in [1.29, 1.82) is 0 Å². The Labute approximate surface area is 144 Å². The number of carbonyl (C=O) groups excluding carboxylic acids is 1. The number of amides is 1. The molecule has 3 heterocycles. The number of piperidine rings is 1. The van der Waals surface area contributed by atoms with Crippen LogP contribution in [0.2, 0.25) is 0 Å². The molecule has 24 heavy (non-hydrogen) atoms. The van der Waals surface area contributed by atoms with Crippen LogP contribution in [0.5, 0.6) is 0 Å². The quantitative estimate of drug-likeness (QED) is 0.887. The van der Waals surface area contributed by atoms with Crippen LogP contribution in [-0.2, 0) is 11.3 Å². The Hall–Kier alpha value is -1.88. The molecule has 2 aromatic rings. The maximum Gasteiger partial charge on any atom is 0.219 e. The van der Waals surface area contributed by atoms with E-state index in [0.717, 1.165) is 44.1 Å². The van der Waals surface area contributed by atoms with E-state index in [1.807, 2.05) is 13.0 Å². The number of pyridine rings is 1. The first-order valence-electron chi connectivity index (χ1n) is 9.09. The third-order valence-electron chi connectivity index (χ3n) is 4.84. The summed E-state index contributed by atoms with van der Waals surface area (Å²) in [5.74, 6) is 1.78. The summed E-state index contributed by atoms with van der Waals surface area (Å²) in [7, 11) is 0. The van der Waals surface area contributed by atoms with Crippen LogP contribution in [0.15, 0.2) is 24.4 Å². The molecule has 1 aliphatic rings. The summed E-state index contributed by atoms with van der Waals surface area (Å²) < 4.78 is 2.15. The zero-order valence-electron chi connectivity index (χ0n) is 14.8. The van der Waals surface area contributed by atoms with E-state index in [9.17, 15) is 4.79 Å². The standard InChI is InChI=1S/C19H28N4O/c1-3-7-19(24)20-12-16-8-6-10-22(13-16)14-17-18-9-4-5-11-23(18)15(2)21-17/h4-5,9,11,16H,3,6-8,10,12-14H2,1-2H3,(H,20,24). The van der Waals surface area contributed by atoms with Crippen LogP contribution in [0.25, 0.3) is 5.52 Å². The van der Waals surface area contributed by atoms with Gasteiger partial charge < -0.3 is 9.72 Å². The minimum absolute atomic E-state index is 0.186. The maximum absolute atomic E-state index is 11.7. The lowest BCUT2D eigenvalue weighted by Gasteiger charge is -2.32. The van der Waals surface area contributed by atoms with Gasteiger partial charge in [-0.05, 0) is 50.8 Å². The highest BCUT2D eigenvalue weighted by atomic mass is 16.1. The number of nitrogens with zero attached hydrogens (tertiary/aromatic N) is 3. The average Bonchev–Trinajstić information content (AvgIpc) is 2.90. The molecule has 5 nitrogen and oxygen atoms in total. The molecule has 0 bridgehead atoms. The Kier molecular flexibility index (Phi) is 5.51. The topological polar surface area (TPSA) is 49.6 Å². The molecular weight excluding hydrogens is 300 g/mol. The van der Waals surface area contributed by atoms with Crippen molar-refractivity contribution in [2.45, 2.75) is 46.1 Å². The van der Waals surface area contributed by atoms with E-state index < -0.39 is 0 Å². The summed E-state index contributed by atoms with van der Waals surface area (Å²) in [4.78, 5) is 18.9. The third kappa shape index (κ3) is 3.96. The first-order valence-corrected chi connectivity index (χ1v) is 9.09. The van der Waals surface area contributed by atoms with Crippen LogP contribution in [-0.4, -0.2) is 39.8 Å². The van der Waals surface area contributed by atoms with Crippen LogP contribution < -0.4 is 5.32 Å². The van der Waals surface area contributed by atoms with E-state index in [0.29, 0.717) is 12.3 Å². The molecule has 2 aromatic heterocycles. The van der Waals surface area contributed by atoms with Gasteiger partial charge in [0.2, 0.25) is 5.91 Å². The molecule has 5 heteroatoms. The Balaban J connectivity index is 1.59. The number of hydrogen-bond donors (Lipinski definition) is 1. The molecule has 0 radical (unpaired) electrons. The Morgan fingerprint density at radius 1 is 1.42 bits per heavy atom. The van der Waals surface area contributed by atoms with Crippen LogP contribution in [0.4, 0.5) is 0 Å². The molecule has 130 valence electrons. The van der Waals surface area contributed by atoms with Crippen LogP contribution in [0, 0.1) is 12.8 Å². The lowest BCUT2D eigenvalue weighted by Crippen LogP contribution is -2.40. The molecule has 0 aromatic carbocycles. The van der Waals surface area contributed by atoms with Crippen molar-refractivity contribution in [2.24, 2.45) is 5.92 Å². The van der Waals surface area contributed by atoms with Gasteiger partial charge >= 0.3 is 0 Å². The van der Waals surface area contributed by atoms with Gasteiger partial charge in [0.1, 0.15) is 5.82 Å². The Morgan fingerprint density at radius 2 is 2.29 bits per heavy atom. The normalized spacial score (nSPS) is 18.8. The van der Waals surface area contributed by atoms with Crippen LogP contribution >= 0.6 is 0 Å². The van der Waals surface area contributed by atoms with Gasteiger partial charge in [0, 0.05) is 32.3 Å². The third-order valence-corrected chi connectivity index (χ3v) is 4.84. The molecule has 1 unspecified atom stereocenters. The molecular formula is C19H28N4O. The van der Waals surface area contributed by atoms with Gasteiger partial charge in [-0.1, -0.05) is 13.0 Å². The van der Waals surface area contributed by atoms with Crippen LogP contribution in [0.3, 0.4) is 0 Å². The van der Waals surface area contributed by atoms with Crippen molar-refractivity contribution in [1.82, 2.24) is 19.6 Å². The summed E-state index contributed by atoms with van der Waals surface area (Å²) >= 11 is 0. The fourth-order valence-electron chi connectivity index (χ4n) is 3.63. The van der Waals surface area contributed by atoms with Crippen molar-refractivity contribution < 1.29 is 4.79 Å². The fraction of sp³-hybridized carbons (Fsp3) is 0.579. The van der Waals surface area contributed by atoms with Crippen molar-refractivity contribution in [3.63, 3.8) is 0 Å². The Bertz CT molecular complexity index is 694. The number of carbonyl (C=O) groups is 1. The Morgan fingerprint density at radius 3 is 3.12 bits per heavy atom. The van der Waals surface area contributed by atoms with E-state index in [2.05, 4.69) is 39.9 Å². The van der Waals surface area contributed by atoms with E-state index in [1.54, 1.807) is 0 Å². The molecule has 1 atom stereocenters. The summed E-state index contributed by atoms with van der Waals surface area (Å²) in [6, 6.07) is 6.26. The van der Waals surface area contributed by atoms with Gasteiger partial charge in [-0.25, -0.2) is 4.98 Å². The van der Waals surface area contributed by atoms with Crippen molar-refractivity contribution in [3.8, 4) is 0 Å². The lowest BCUT2D eigenvalue weighted by molar-refractivity contribution is -0.121. The van der Waals surface area contributed by atoms with Gasteiger partial charge in [-0.3, -0.25) is 9.69 Å². The first-order chi connectivity index (χ1) is 11.7.